The van der Waals surface area contributed by atoms with E-state index in [1.54, 1.807) is 0 Å². The number of amides is 1. The lowest BCUT2D eigenvalue weighted by Gasteiger charge is -2.11. The number of hydrogen-bond acceptors (Lipinski definition) is 1. The van der Waals surface area contributed by atoms with E-state index in [1.165, 1.54) is 6.08 Å². The van der Waals surface area contributed by atoms with E-state index in [0.29, 0.717) is 11.8 Å². The standard InChI is InChI=1S/C10H17NO/c1-7(2)9(8(3)4)5-6-10(11)12/h6-8H,1-4H3,(H2,11,12). The highest BCUT2D eigenvalue weighted by molar-refractivity contribution is 5.85. The Labute approximate surface area is 74.1 Å². The molecule has 0 aromatic rings. The molecule has 0 saturated carbocycles. The van der Waals surface area contributed by atoms with Crippen LogP contribution in [0, 0.1) is 11.8 Å². The molecule has 0 fully saturated rings. The Balaban J connectivity index is 4.73. The predicted molar refractivity (Wildman–Crippen MR) is 50.5 cm³/mol. The molecule has 2 N–H and O–H groups in total. The maximum absolute atomic E-state index is 10.4. The molecule has 0 heterocycles. The molecule has 2 nitrogen and oxygen atoms in total. The number of carbonyl (C=O) groups is 1. The fourth-order valence-electron chi connectivity index (χ4n) is 1.15. The second-order valence-electron chi connectivity index (χ2n) is 3.46. The number of nitrogens with two attached hydrogens (primary N) is 1. The molecule has 1 amide bonds. The van der Waals surface area contributed by atoms with Gasteiger partial charge in [-0.05, 0) is 17.4 Å². The number of rotatable bonds is 3. The Morgan fingerprint density at radius 1 is 1.25 bits per heavy atom. The molecule has 0 aliphatic carbocycles. The van der Waals surface area contributed by atoms with Gasteiger partial charge in [-0.2, -0.15) is 0 Å². The summed E-state index contributed by atoms with van der Waals surface area (Å²) in [6.07, 6.45) is 1.30. The highest BCUT2D eigenvalue weighted by atomic mass is 16.1. The van der Waals surface area contributed by atoms with Gasteiger partial charge in [0.2, 0.25) is 5.91 Å². The molecule has 0 rings (SSSR count). The molecule has 68 valence electrons. The molecule has 2 heteroatoms. The van der Waals surface area contributed by atoms with Crippen molar-refractivity contribution in [2.75, 3.05) is 0 Å². The summed E-state index contributed by atoms with van der Waals surface area (Å²) in [5.41, 5.74) is 9.04. The van der Waals surface area contributed by atoms with Gasteiger partial charge in [0.25, 0.3) is 0 Å². The molecule has 0 unspecified atom stereocenters. The first-order valence-electron chi connectivity index (χ1n) is 4.21. The highest BCUT2D eigenvalue weighted by Crippen LogP contribution is 2.17. The van der Waals surface area contributed by atoms with Crippen LogP contribution in [0.2, 0.25) is 0 Å². The zero-order valence-corrected chi connectivity index (χ0v) is 8.22. The minimum Gasteiger partial charge on any atom is -0.366 e. The smallest absolute Gasteiger partial charge is 0.249 e. The first-order valence-corrected chi connectivity index (χ1v) is 4.21. The molecule has 0 aliphatic rings. The van der Waals surface area contributed by atoms with E-state index in [2.05, 4.69) is 33.4 Å². The molecule has 0 spiro atoms. The molecule has 12 heavy (non-hydrogen) atoms. The van der Waals surface area contributed by atoms with E-state index < -0.39 is 5.91 Å². The Morgan fingerprint density at radius 2 is 1.67 bits per heavy atom. The van der Waals surface area contributed by atoms with E-state index in [0.717, 1.165) is 5.57 Å². The van der Waals surface area contributed by atoms with Gasteiger partial charge in [-0.1, -0.05) is 27.7 Å². The van der Waals surface area contributed by atoms with Crippen molar-refractivity contribution in [2.24, 2.45) is 17.6 Å². The van der Waals surface area contributed by atoms with Crippen LogP contribution in [-0.4, -0.2) is 5.91 Å². The zero-order valence-electron chi connectivity index (χ0n) is 8.22. The first kappa shape index (κ1) is 11.0. The lowest BCUT2D eigenvalue weighted by molar-refractivity contribution is -0.113. The Hall–Kier alpha value is -1.01. The van der Waals surface area contributed by atoms with E-state index in [4.69, 9.17) is 5.73 Å². The Bertz CT molecular complexity index is 210. The summed E-state index contributed by atoms with van der Waals surface area (Å²) < 4.78 is 0. The quantitative estimate of drug-likeness (QED) is 0.506. The fourth-order valence-corrected chi connectivity index (χ4v) is 1.15. The van der Waals surface area contributed by atoms with Gasteiger partial charge < -0.3 is 5.73 Å². The molecule has 0 atom stereocenters. The van der Waals surface area contributed by atoms with Gasteiger partial charge in [-0.25, -0.2) is 0 Å². The van der Waals surface area contributed by atoms with Crippen LogP contribution in [-0.2, 0) is 4.79 Å². The third-order valence-corrected chi connectivity index (χ3v) is 1.63. The summed E-state index contributed by atoms with van der Waals surface area (Å²) in [5.74, 6) is 0.398. The molecule has 0 aromatic heterocycles. The van der Waals surface area contributed by atoms with Gasteiger partial charge in [-0.15, -0.1) is 5.73 Å². The van der Waals surface area contributed by atoms with Crippen LogP contribution in [0.25, 0.3) is 0 Å². The minimum atomic E-state index is -0.436. The fraction of sp³-hybridized carbons (Fsp3) is 0.600. The minimum absolute atomic E-state index is 0.417. The van der Waals surface area contributed by atoms with Gasteiger partial charge in [0, 0.05) is 6.08 Å². The van der Waals surface area contributed by atoms with Crippen molar-refractivity contribution < 1.29 is 4.79 Å². The lowest BCUT2D eigenvalue weighted by atomic mass is 9.93. The van der Waals surface area contributed by atoms with Crippen LogP contribution in [0.3, 0.4) is 0 Å². The van der Waals surface area contributed by atoms with Gasteiger partial charge in [0.05, 0.1) is 0 Å². The molecule has 0 aromatic carbocycles. The average Bonchev–Trinajstić information content (AvgIpc) is 1.84. The van der Waals surface area contributed by atoms with Crippen LogP contribution >= 0.6 is 0 Å². The van der Waals surface area contributed by atoms with E-state index in [1.807, 2.05) is 0 Å². The second kappa shape index (κ2) is 4.78. The number of carbonyl (C=O) groups excluding carboxylic acids is 1. The average molecular weight is 167 g/mol. The SMILES string of the molecule is CC(C)C(=C=CC(N)=O)C(C)C. The summed E-state index contributed by atoms with van der Waals surface area (Å²) in [5, 5.41) is 0. The molecule has 0 radical (unpaired) electrons. The molecular weight excluding hydrogens is 150 g/mol. The maximum Gasteiger partial charge on any atom is 0.249 e. The summed E-state index contributed by atoms with van der Waals surface area (Å²) in [7, 11) is 0. The molecule has 0 bridgehead atoms. The van der Waals surface area contributed by atoms with Crippen LogP contribution < -0.4 is 5.73 Å². The third kappa shape index (κ3) is 3.99. The van der Waals surface area contributed by atoms with Gasteiger partial charge in [-0.3, -0.25) is 4.79 Å². The molecule has 0 saturated heterocycles. The monoisotopic (exact) mass is 167 g/mol. The van der Waals surface area contributed by atoms with Crippen molar-refractivity contribution in [2.45, 2.75) is 27.7 Å². The van der Waals surface area contributed by atoms with Crippen molar-refractivity contribution in [3.8, 4) is 0 Å². The van der Waals surface area contributed by atoms with Gasteiger partial charge >= 0.3 is 0 Å². The van der Waals surface area contributed by atoms with Crippen LogP contribution in [0.15, 0.2) is 17.4 Å². The Kier molecular flexibility index (Phi) is 4.38. The topological polar surface area (TPSA) is 43.1 Å². The normalized spacial score (nSPS) is 9.83. The van der Waals surface area contributed by atoms with Crippen LogP contribution in [0.4, 0.5) is 0 Å². The summed E-state index contributed by atoms with van der Waals surface area (Å²) >= 11 is 0. The summed E-state index contributed by atoms with van der Waals surface area (Å²) in [6.45, 7) is 8.32. The molecular formula is C10H17NO. The largest absolute Gasteiger partial charge is 0.366 e. The number of hydrogen-bond donors (Lipinski definition) is 1. The van der Waals surface area contributed by atoms with E-state index >= 15 is 0 Å². The third-order valence-electron chi connectivity index (χ3n) is 1.63. The first-order chi connectivity index (χ1) is 5.45. The number of primary amides is 1. The second-order valence-corrected chi connectivity index (χ2v) is 3.46. The summed E-state index contributed by atoms with van der Waals surface area (Å²) in [6, 6.07) is 0. The van der Waals surface area contributed by atoms with Crippen molar-refractivity contribution in [1.82, 2.24) is 0 Å². The van der Waals surface area contributed by atoms with Crippen molar-refractivity contribution in [1.29, 1.82) is 0 Å². The maximum atomic E-state index is 10.4. The predicted octanol–water partition coefficient (Wildman–Crippen LogP) is 1.87. The van der Waals surface area contributed by atoms with Crippen molar-refractivity contribution >= 4 is 5.91 Å². The van der Waals surface area contributed by atoms with Gasteiger partial charge in [0.1, 0.15) is 0 Å². The van der Waals surface area contributed by atoms with Gasteiger partial charge in [0.15, 0.2) is 0 Å². The van der Waals surface area contributed by atoms with E-state index in [9.17, 15) is 4.79 Å². The zero-order chi connectivity index (χ0) is 9.72. The van der Waals surface area contributed by atoms with Crippen molar-refractivity contribution in [3.63, 3.8) is 0 Å². The molecule has 0 aliphatic heterocycles. The van der Waals surface area contributed by atoms with Crippen LogP contribution in [0.5, 0.6) is 0 Å². The van der Waals surface area contributed by atoms with E-state index in [-0.39, 0.29) is 0 Å². The van der Waals surface area contributed by atoms with Crippen molar-refractivity contribution in [3.05, 3.63) is 17.4 Å². The highest BCUT2D eigenvalue weighted by Gasteiger charge is 2.06. The Morgan fingerprint density at radius 3 is 1.92 bits per heavy atom. The van der Waals surface area contributed by atoms with Crippen LogP contribution in [0.1, 0.15) is 27.7 Å². The summed E-state index contributed by atoms with van der Waals surface area (Å²) in [4.78, 5) is 10.4. The lowest BCUT2D eigenvalue weighted by Crippen LogP contribution is -2.06.